The summed E-state index contributed by atoms with van der Waals surface area (Å²) in [5.41, 5.74) is 2.25. The smallest absolute Gasteiger partial charge is 0.153 e. The Morgan fingerprint density at radius 1 is 1.10 bits per heavy atom. The van der Waals surface area contributed by atoms with Crippen molar-refractivity contribution in [3.05, 3.63) is 71.7 Å². The molecule has 0 aliphatic heterocycles. The Labute approximate surface area is 121 Å². The molecule has 21 heavy (non-hydrogen) atoms. The summed E-state index contributed by atoms with van der Waals surface area (Å²) < 4.78 is 14.5. The lowest BCUT2D eigenvalue weighted by Gasteiger charge is -1.98. The van der Waals surface area contributed by atoms with Gasteiger partial charge in [0.05, 0.1) is 6.20 Å². The van der Waals surface area contributed by atoms with Gasteiger partial charge >= 0.3 is 0 Å². The van der Waals surface area contributed by atoms with Crippen molar-refractivity contribution in [1.29, 1.82) is 0 Å². The molecule has 102 valence electrons. The first-order chi connectivity index (χ1) is 10.2. The topological polar surface area (TPSA) is 43.6 Å². The molecule has 0 aromatic carbocycles. The van der Waals surface area contributed by atoms with E-state index in [1.54, 1.807) is 16.9 Å². The third kappa shape index (κ3) is 2.95. The average molecular weight is 278 g/mol. The monoisotopic (exact) mass is 278 g/mol. The highest BCUT2D eigenvalue weighted by Gasteiger charge is 2.05. The van der Waals surface area contributed by atoms with E-state index in [1.807, 2.05) is 31.3 Å². The second-order valence-corrected chi connectivity index (χ2v) is 4.40. The molecule has 0 aliphatic rings. The van der Waals surface area contributed by atoms with Crippen LogP contribution in [-0.2, 0) is 0 Å². The van der Waals surface area contributed by atoms with E-state index in [9.17, 15) is 4.39 Å². The normalized spacial score (nSPS) is 10.0. The van der Waals surface area contributed by atoms with Crippen LogP contribution < -0.4 is 0 Å². The molecular weight excluding hydrogens is 267 g/mol. The van der Waals surface area contributed by atoms with Crippen molar-refractivity contribution in [3.8, 4) is 17.7 Å². The summed E-state index contributed by atoms with van der Waals surface area (Å²) in [6.45, 7) is 1.91. The number of aromatic nitrogens is 4. The van der Waals surface area contributed by atoms with Crippen LogP contribution in [0.3, 0.4) is 0 Å². The molecule has 0 atom stereocenters. The zero-order chi connectivity index (χ0) is 14.7. The SMILES string of the molecule is Cc1cn(-c2ccc(F)cn2)nc1C#Cc1ccccn1. The second-order valence-electron chi connectivity index (χ2n) is 4.40. The van der Waals surface area contributed by atoms with Crippen molar-refractivity contribution in [1.82, 2.24) is 19.7 Å². The number of hydrogen-bond donors (Lipinski definition) is 0. The van der Waals surface area contributed by atoms with Crippen LogP contribution in [0.15, 0.2) is 48.9 Å². The zero-order valence-electron chi connectivity index (χ0n) is 11.3. The molecule has 4 nitrogen and oxygen atoms in total. The molecular formula is C16H11FN4. The van der Waals surface area contributed by atoms with Gasteiger partial charge in [-0.15, -0.1) is 0 Å². The molecule has 0 unspecified atom stereocenters. The van der Waals surface area contributed by atoms with E-state index in [0.29, 0.717) is 17.2 Å². The van der Waals surface area contributed by atoms with Gasteiger partial charge in [-0.1, -0.05) is 6.07 Å². The van der Waals surface area contributed by atoms with E-state index in [-0.39, 0.29) is 5.82 Å². The lowest BCUT2D eigenvalue weighted by atomic mass is 10.2. The summed E-state index contributed by atoms with van der Waals surface area (Å²) in [5.74, 6) is 6.11. The van der Waals surface area contributed by atoms with E-state index in [0.717, 1.165) is 11.8 Å². The molecule has 0 bridgehead atoms. The minimum Gasteiger partial charge on any atom is -0.248 e. The summed E-state index contributed by atoms with van der Waals surface area (Å²) in [4.78, 5) is 8.12. The van der Waals surface area contributed by atoms with E-state index in [1.165, 1.54) is 6.07 Å². The fourth-order valence-corrected chi connectivity index (χ4v) is 1.76. The van der Waals surface area contributed by atoms with Gasteiger partial charge in [0, 0.05) is 18.0 Å². The van der Waals surface area contributed by atoms with Gasteiger partial charge in [-0.05, 0) is 43.0 Å². The molecule has 0 aliphatic carbocycles. The van der Waals surface area contributed by atoms with Crippen LogP contribution in [0.25, 0.3) is 5.82 Å². The molecule has 3 aromatic heterocycles. The van der Waals surface area contributed by atoms with Crippen molar-refractivity contribution in [2.45, 2.75) is 6.92 Å². The van der Waals surface area contributed by atoms with Crippen LogP contribution in [0.2, 0.25) is 0 Å². The average Bonchev–Trinajstić information content (AvgIpc) is 2.88. The fraction of sp³-hybridized carbons (Fsp3) is 0.0625. The molecule has 3 aromatic rings. The van der Waals surface area contributed by atoms with Crippen molar-refractivity contribution < 1.29 is 4.39 Å². The molecule has 0 spiro atoms. The Kier molecular flexibility index (Phi) is 3.44. The molecule has 0 radical (unpaired) electrons. The van der Waals surface area contributed by atoms with Gasteiger partial charge in [-0.3, -0.25) is 0 Å². The first-order valence-electron chi connectivity index (χ1n) is 6.33. The van der Waals surface area contributed by atoms with E-state index in [2.05, 4.69) is 26.9 Å². The summed E-state index contributed by atoms with van der Waals surface area (Å²) in [7, 11) is 0. The lowest BCUT2D eigenvalue weighted by Crippen LogP contribution is -1.98. The molecule has 5 heteroatoms. The molecule has 0 saturated heterocycles. The predicted octanol–water partition coefficient (Wildman–Crippen LogP) is 2.51. The Hall–Kier alpha value is -3.00. The highest BCUT2D eigenvalue weighted by molar-refractivity contribution is 5.40. The van der Waals surface area contributed by atoms with Gasteiger partial charge in [0.2, 0.25) is 0 Å². The minimum atomic E-state index is -0.377. The van der Waals surface area contributed by atoms with Gasteiger partial charge < -0.3 is 0 Å². The standard InChI is InChI=1S/C16H11FN4/c1-12-11-21(16-8-5-13(17)10-19-16)20-15(12)7-6-14-4-2-3-9-18-14/h2-5,8-11H,1H3. The number of pyridine rings is 2. The van der Waals surface area contributed by atoms with Crippen molar-refractivity contribution in [2.75, 3.05) is 0 Å². The molecule has 3 heterocycles. The summed E-state index contributed by atoms with van der Waals surface area (Å²) in [5, 5.41) is 4.36. The number of nitrogens with zero attached hydrogens (tertiary/aromatic N) is 4. The number of halogens is 1. The van der Waals surface area contributed by atoms with Crippen molar-refractivity contribution in [3.63, 3.8) is 0 Å². The zero-order valence-corrected chi connectivity index (χ0v) is 11.3. The van der Waals surface area contributed by atoms with Crippen LogP contribution in [-0.4, -0.2) is 19.7 Å². The highest BCUT2D eigenvalue weighted by Crippen LogP contribution is 2.09. The molecule has 0 fully saturated rings. The number of aryl methyl sites for hydroxylation is 1. The van der Waals surface area contributed by atoms with E-state index >= 15 is 0 Å². The number of hydrogen-bond acceptors (Lipinski definition) is 3. The maximum absolute atomic E-state index is 12.9. The Morgan fingerprint density at radius 2 is 2.00 bits per heavy atom. The largest absolute Gasteiger partial charge is 0.248 e. The highest BCUT2D eigenvalue weighted by atomic mass is 19.1. The second kappa shape index (κ2) is 5.55. The first-order valence-corrected chi connectivity index (χ1v) is 6.33. The molecule has 0 amide bonds. The van der Waals surface area contributed by atoms with Crippen molar-refractivity contribution in [2.24, 2.45) is 0 Å². The van der Waals surface area contributed by atoms with Gasteiger partial charge in [0.15, 0.2) is 5.82 Å². The maximum Gasteiger partial charge on any atom is 0.153 e. The van der Waals surface area contributed by atoms with Gasteiger partial charge in [-0.2, -0.15) is 5.10 Å². The third-order valence-corrected chi connectivity index (χ3v) is 2.82. The van der Waals surface area contributed by atoms with Crippen LogP contribution in [0.4, 0.5) is 4.39 Å². The van der Waals surface area contributed by atoms with Gasteiger partial charge in [-0.25, -0.2) is 19.0 Å². The van der Waals surface area contributed by atoms with Crippen LogP contribution in [0, 0.1) is 24.6 Å². The van der Waals surface area contributed by atoms with Crippen LogP contribution in [0.5, 0.6) is 0 Å². The predicted molar refractivity (Wildman–Crippen MR) is 76.3 cm³/mol. The Morgan fingerprint density at radius 3 is 2.71 bits per heavy atom. The molecule has 0 saturated carbocycles. The van der Waals surface area contributed by atoms with Gasteiger partial charge in [0.25, 0.3) is 0 Å². The van der Waals surface area contributed by atoms with E-state index < -0.39 is 0 Å². The molecule has 0 N–H and O–H groups in total. The molecule has 3 rings (SSSR count). The first kappa shape index (κ1) is 13.0. The fourth-order valence-electron chi connectivity index (χ4n) is 1.76. The summed E-state index contributed by atoms with van der Waals surface area (Å²) in [6.07, 6.45) is 4.66. The third-order valence-electron chi connectivity index (χ3n) is 2.82. The number of rotatable bonds is 1. The van der Waals surface area contributed by atoms with E-state index in [4.69, 9.17) is 0 Å². The minimum absolute atomic E-state index is 0.377. The van der Waals surface area contributed by atoms with Crippen LogP contribution >= 0.6 is 0 Å². The summed E-state index contributed by atoms with van der Waals surface area (Å²) >= 11 is 0. The van der Waals surface area contributed by atoms with Crippen molar-refractivity contribution >= 4 is 0 Å². The van der Waals surface area contributed by atoms with Crippen LogP contribution in [0.1, 0.15) is 17.0 Å². The Bertz CT molecular complexity index is 811. The summed E-state index contributed by atoms with van der Waals surface area (Å²) in [6, 6.07) is 8.47. The quantitative estimate of drug-likeness (QED) is 0.642. The Balaban J connectivity index is 1.92. The lowest BCUT2D eigenvalue weighted by molar-refractivity contribution is 0.619. The maximum atomic E-state index is 12.9. The van der Waals surface area contributed by atoms with Gasteiger partial charge in [0.1, 0.15) is 17.2 Å².